The normalized spacial score (nSPS) is 10.5. The van der Waals surface area contributed by atoms with Crippen molar-refractivity contribution >= 4 is 18.1 Å². The van der Waals surface area contributed by atoms with Gasteiger partial charge >= 0.3 is 5.97 Å². The molecule has 0 aliphatic rings. The molecule has 0 aromatic heterocycles. The van der Waals surface area contributed by atoms with Crippen LogP contribution in [0.25, 0.3) is 0 Å². The number of nitrogens with zero attached hydrogens (tertiary/aromatic N) is 1. The summed E-state index contributed by atoms with van der Waals surface area (Å²) in [5.74, 6) is 1.46. The number of carbonyl (C=O) groups is 2. The van der Waals surface area contributed by atoms with Gasteiger partial charge in [0, 0.05) is 0 Å². The Kier molecular flexibility index (Phi) is 8.41. The minimum atomic E-state index is -0.469. The Labute approximate surface area is 191 Å². The highest BCUT2D eigenvalue weighted by Crippen LogP contribution is 2.17. The van der Waals surface area contributed by atoms with Gasteiger partial charge in [0.1, 0.15) is 23.0 Å². The van der Waals surface area contributed by atoms with Crippen molar-refractivity contribution in [3.8, 4) is 23.0 Å². The van der Waals surface area contributed by atoms with Crippen molar-refractivity contribution in [2.75, 3.05) is 20.3 Å². The van der Waals surface area contributed by atoms with Crippen molar-refractivity contribution in [2.24, 2.45) is 5.10 Å². The predicted molar refractivity (Wildman–Crippen MR) is 123 cm³/mol. The van der Waals surface area contributed by atoms with E-state index in [0.717, 1.165) is 0 Å². The molecule has 170 valence electrons. The molecule has 0 spiro atoms. The van der Waals surface area contributed by atoms with Crippen molar-refractivity contribution in [1.29, 1.82) is 0 Å². The van der Waals surface area contributed by atoms with Gasteiger partial charge in [-0.2, -0.15) is 5.10 Å². The zero-order chi connectivity index (χ0) is 23.5. The molecule has 0 saturated heterocycles. The number of ether oxygens (including phenoxy) is 4. The first-order chi connectivity index (χ1) is 16.1. The molecule has 0 fully saturated rings. The quantitative estimate of drug-likeness (QED) is 0.219. The van der Waals surface area contributed by atoms with Gasteiger partial charge in [-0.25, -0.2) is 10.2 Å². The number of hydrogen-bond acceptors (Lipinski definition) is 7. The summed E-state index contributed by atoms with van der Waals surface area (Å²) in [4.78, 5) is 24.1. The van der Waals surface area contributed by atoms with Crippen LogP contribution in [0, 0.1) is 0 Å². The molecule has 33 heavy (non-hydrogen) atoms. The van der Waals surface area contributed by atoms with Gasteiger partial charge in [-0.15, -0.1) is 0 Å². The van der Waals surface area contributed by atoms with Crippen LogP contribution in [0.1, 0.15) is 22.8 Å². The van der Waals surface area contributed by atoms with Gasteiger partial charge in [-0.05, 0) is 85.3 Å². The molecule has 3 rings (SSSR count). The molecule has 3 aromatic carbocycles. The molecule has 8 heteroatoms. The Morgan fingerprint density at radius 3 is 2.03 bits per heavy atom. The first-order valence-corrected chi connectivity index (χ1v) is 10.2. The third-order valence-corrected chi connectivity index (χ3v) is 4.32. The molecule has 0 bridgehead atoms. The van der Waals surface area contributed by atoms with E-state index in [2.05, 4.69) is 10.5 Å². The molecule has 3 aromatic rings. The van der Waals surface area contributed by atoms with Gasteiger partial charge in [0.25, 0.3) is 5.91 Å². The van der Waals surface area contributed by atoms with Crippen LogP contribution in [-0.4, -0.2) is 38.4 Å². The van der Waals surface area contributed by atoms with Crippen LogP contribution in [0.2, 0.25) is 0 Å². The molecule has 0 heterocycles. The summed E-state index contributed by atoms with van der Waals surface area (Å²) in [7, 11) is 1.57. The topological polar surface area (TPSA) is 95.5 Å². The van der Waals surface area contributed by atoms with Crippen LogP contribution in [0.15, 0.2) is 77.9 Å². The van der Waals surface area contributed by atoms with Crippen molar-refractivity contribution < 1.29 is 28.5 Å². The SMILES string of the molecule is CCOc1ccc(C(=O)Oc2ccc(/C=N\NC(=O)COc3ccc(OC)cc3)cc2)cc1. The molecule has 0 unspecified atom stereocenters. The fourth-order valence-corrected chi connectivity index (χ4v) is 2.67. The molecule has 0 aliphatic heterocycles. The maximum atomic E-state index is 12.3. The second-order valence-electron chi connectivity index (χ2n) is 6.67. The van der Waals surface area contributed by atoms with Gasteiger partial charge in [-0.3, -0.25) is 4.79 Å². The zero-order valence-corrected chi connectivity index (χ0v) is 18.3. The molecule has 0 radical (unpaired) electrons. The molecule has 1 N–H and O–H groups in total. The van der Waals surface area contributed by atoms with E-state index in [4.69, 9.17) is 18.9 Å². The van der Waals surface area contributed by atoms with Crippen LogP contribution in [0.5, 0.6) is 23.0 Å². The molecular formula is C25H24N2O6. The lowest BCUT2D eigenvalue weighted by molar-refractivity contribution is -0.123. The van der Waals surface area contributed by atoms with E-state index >= 15 is 0 Å². The van der Waals surface area contributed by atoms with Crippen LogP contribution in [0.4, 0.5) is 0 Å². The minimum Gasteiger partial charge on any atom is -0.497 e. The van der Waals surface area contributed by atoms with E-state index in [-0.39, 0.29) is 6.61 Å². The second kappa shape index (κ2) is 11.9. The van der Waals surface area contributed by atoms with Gasteiger partial charge in [0.05, 0.1) is 25.5 Å². The summed E-state index contributed by atoms with van der Waals surface area (Å²) in [6.45, 7) is 2.27. The summed E-state index contributed by atoms with van der Waals surface area (Å²) in [5, 5.41) is 3.90. The summed E-state index contributed by atoms with van der Waals surface area (Å²) in [5.41, 5.74) is 3.53. The largest absolute Gasteiger partial charge is 0.497 e. The van der Waals surface area contributed by atoms with E-state index in [0.29, 0.717) is 40.7 Å². The second-order valence-corrected chi connectivity index (χ2v) is 6.67. The molecule has 0 aliphatic carbocycles. The van der Waals surface area contributed by atoms with Gasteiger partial charge < -0.3 is 18.9 Å². The number of rotatable bonds is 10. The monoisotopic (exact) mass is 448 g/mol. The predicted octanol–water partition coefficient (Wildman–Crippen LogP) is 3.84. The van der Waals surface area contributed by atoms with Gasteiger partial charge in [0.15, 0.2) is 6.61 Å². The molecular weight excluding hydrogens is 424 g/mol. The Morgan fingerprint density at radius 1 is 0.818 bits per heavy atom. The lowest BCUT2D eigenvalue weighted by Gasteiger charge is -2.06. The van der Waals surface area contributed by atoms with E-state index in [1.54, 1.807) is 79.9 Å². The van der Waals surface area contributed by atoms with Crippen LogP contribution in [-0.2, 0) is 4.79 Å². The maximum Gasteiger partial charge on any atom is 0.343 e. The average Bonchev–Trinajstić information content (AvgIpc) is 2.85. The van der Waals surface area contributed by atoms with Crippen LogP contribution in [0.3, 0.4) is 0 Å². The van der Waals surface area contributed by atoms with Crippen molar-refractivity contribution in [3.63, 3.8) is 0 Å². The highest BCUT2D eigenvalue weighted by molar-refractivity contribution is 5.91. The fourth-order valence-electron chi connectivity index (χ4n) is 2.67. The number of hydrazone groups is 1. The van der Waals surface area contributed by atoms with E-state index < -0.39 is 11.9 Å². The van der Waals surface area contributed by atoms with Gasteiger partial charge in [-0.1, -0.05) is 0 Å². The standard InChI is InChI=1S/C25H24N2O6/c1-3-31-21-10-6-19(7-11-21)25(29)33-23-8-4-18(5-9-23)16-26-27-24(28)17-32-22-14-12-20(30-2)13-15-22/h4-16H,3,17H2,1-2H3,(H,27,28)/b26-16-. The molecule has 0 saturated carbocycles. The Morgan fingerprint density at radius 2 is 1.39 bits per heavy atom. The zero-order valence-electron chi connectivity index (χ0n) is 18.3. The van der Waals surface area contributed by atoms with Gasteiger partial charge in [0.2, 0.25) is 0 Å². The summed E-state index contributed by atoms with van der Waals surface area (Å²) < 4.78 is 21.2. The van der Waals surface area contributed by atoms with E-state index in [1.807, 2.05) is 6.92 Å². The molecule has 1 amide bonds. The number of carbonyl (C=O) groups excluding carboxylic acids is 2. The Bertz CT molecular complexity index is 1080. The van der Waals surface area contributed by atoms with Crippen LogP contribution < -0.4 is 24.4 Å². The summed E-state index contributed by atoms with van der Waals surface area (Å²) in [6.07, 6.45) is 1.48. The number of amides is 1. The van der Waals surface area contributed by atoms with E-state index in [1.165, 1.54) is 6.21 Å². The van der Waals surface area contributed by atoms with E-state index in [9.17, 15) is 9.59 Å². The summed E-state index contributed by atoms with van der Waals surface area (Å²) >= 11 is 0. The third kappa shape index (κ3) is 7.39. The van der Waals surface area contributed by atoms with Crippen molar-refractivity contribution in [2.45, 2.75) is 6.92 Å². The Hall–Kier alpha value is -4.33. The molecule has 8 nitrogen and oxygen atoms in total. The highest BCUT2D eigenvalue weighted by Gasteiger charge is 2.09. The smallest absolute Gasteiger partial charge is 0.343 e. The lowest BCUT2D eigenvalue weighted by atomic mass is 10.2. The number of benzene rings is 3. The summed E-state index contributed by atoms with van der Waals surface area (Å²) in [6, 6.07) is 20.3. The average molecular weight is 448 g/mol. The Balaban J connectivity index is 1.44. The number of nitrogens with one attached hydrogen (secondary N) is 1. The van der Waals surface area contributed by atoms with Crippen molar-refractivity contribution in [1.82, 2.24) is 5.43 Å². The third-order valence-electron chi connectivity index (χ3n) is 4.32. The minimum absolute atomic E-state index is 0.176. The fraction of sp³-hybridized carbons (Fsp3) is 0.160. The number of methoxy groups -OCH3 is 1. The number of esters is 1. The first-order valence-electron chi connectivity index (χ1n) is 10.2. The lowest BCUT2D eigenvalue weighted by Crippen LogP contribution is -2.24. The number of hydrogen-bond donors (Lipinski definition) is 1. The maximum absolute atomic E-state index is 12.3. The highest BCUT2D eigenvalue weighted by atomic mass is 16.5. The van der Waals surface area contributed by atoms with Crippen LogP contribution >= 0.6 is 0 Å². The first kappa shape index (κ1) is 23.3. The molecule has 0 atom stereocenters. The van der Waals surface area contributed by atoms with Crippen molar-refractivity contribution in [3.05, 3.63) is 83.9 Å².